The van der Waals surface area contributed by atoms with Crippen molar-refractivity contribution in [3.8, 4) is 10.7 Å². The standard InChI is InChI=1S/C11H13N5OS/c1-8-12-11(18-15-8)9-2-3-10(14-13-9)16-4-6-17-7-5-16/h2-3H,4-7H2,1H3. The van der Waals surface area contributed by atoms with E-state index in [1.54, 1.807) is 0 Å². The molecule has 1 saturated heterocycles. The van der Waals surface area contributed by atoms with Crippen LogP contribution < -0.4 is 4.90 Å². The van der Waals surface area contributed by atoms with Crippen LogP contribution in [0.15, 0.2) is 12.1 Å². The Morgan fingerprint density at radius 1 is 1.22 bits per heavy atom. The minimum atomic E-state index is 0.749. The van der Waals surface area contributed by atoms with Crippen LogP contribution in [0.2, 0.25) is 0 Å². The van der Waals surface area contributed by atoms with E-state index in [0.29, 0.717) is 0 Å². The van der Waals surface area contributed by atoms with Crippen LogP contribution in [-0.4, -0.2) is 45.9 Å². The van der Waals surface area contributed by atoms with E-state index in [-0.39, 0.29) is 0 Å². The number of anilines is 1. The first-order valence-corrected chi connectivity index (χ1v) is 6.57. The quantitative estimate of drug-likeness (QED) is 0.809. The predicted molar refractivity (Wildman–Crippen MR) is 68.7 cm³/mol. The summed E-state index contributed by atoms with van der Waals surface area (Å²) in [6.07, 6.45) is 0. The van der Waals surface area contributed by atoms with E-state index in [4.69, 9.17) is 4.74 Å². The molecular formula is C11H13N5OS. The predicted octanol–water partition coefficient (Wildman–Crippen LogP) is 1.14. The maximum Gasteiger partial charge on any atom is 0.164 e. The lowest BCUT2D eigenvalue weighted by Crippen LogP contribution is -2.36. The fourth-order valence-corrected chi connectivity index (χ4v) is 2.44. The fraction of sp³-hybridized carbons (Fsp3) is 0.455. The lowest BCUT2D eigenvalue weighted by molar-refractivity contribution is 0.122. The van der Waals surface area contributed by atoms with Crippen LogP contribution in [0.5, 0.6) is 0 Å². The Balaban J connectivity index is 1.80. The molecule has 0 atom stereocenters. The Labute approximate surface area is 109 Å². The fourth-order valence-electron chi connectivity index (χ4n) is 1.80. The van der Waals surface area contributed by atoms with Gasteiger partial charge in [0, 0.05) is 13.1 Å². The summed E-state index contributed by atoms with van der Waals surface area (Å²) in [5, 5.41) is 9.27. The van der Waals surface area contributed by atoms with Gasteiger partial charge in [0.1, 0.15) is 11.5 Å². The van der Waals surface area contributed by atoms with Crippen molar-refractivity contribution in [3.05, 3.63) is 18.0 Å². The molecule has 7 heteroatoms. The molecule has 2 aromatic heterocycles. The molecule has 1 fully saturated rings. The molecule has 6 nitrogen and oxygen atoms in total. The lowest BCUT2D eigenvalue weighted by atomic mass is 10.3. The minimum Gasteiger partial charge on any atom is -0.378 e. The maximum absolute atomic E-state index is 5.31. The molecule has 0 bridgehead atoms. The van der Waals surface area contributed by atoms with Crippen LogP contribution in [0.3, 0.4) is 0 Å². The molecule has 1 aliphatic rings. The number of morpholine rings is 1. The van der Waals surface area contributed by atoms with Gasteiger partial charge >= 0.3 is 0 Å². The van der Waals surface area contributed by atoms with Crippen LogP contribution in [-0.2, 0) is 4.74 Å². The zero-order valence-electron chi connectivity index (χ0n) is 10.0. The number of rotatable bonds is 2. The highest BCUT2D eigenvalue weighted by Crippen LogP contribution is 2.20. The first-order chi connectivity index (χ1) is 8.83. The molecule has 18 heavy (non-hydrogen) atoms. The number of hydrogen-bond donors (Lipinski definition) is 0. The van der Waals surface area contributed by atoms with Gasteiger partial charge in [-0.25, -0.2) is 4.98 Å². The summed E-state index contributed by atoms with van der Waals surface area (Å²) in [5.41, 5.74) is 0.776. The van der Waals surface area contributed by atoms with Gasteiger partial charge in [-0.3, -0.25) is 0 Å². The largest absolute Gasteiger partial charge is 0.378 e. The molecule has 94 valence electrons. The van der Waals surface area contributed by atoms with Gasteiger partial charge in [0.25, 0.3) is 0 Å². The van der Waals surface area contributed by atoms with Crippen molar-refractivity contribution < 1.29 is 4.74 Å². The summed E-state index contributed by atoms with van der Waals surface area (Å²) in [6, 6.07) is 3.92. The van der Waals surface area contributed by atoms with Crippen molar-refractivity contribution in [2.24, 2.45) is 0 Å². The third-order valence-corrected chi connectivity index (χ3v) is 3.56. The highest BCUT2D eigenvalue weighted by Gasteiger charge is 2.13. The van der Waals surface area contributed by atoms with Crippen molar-refractivity contribution in [3.63, 3.8) is 0 Å². The monoisotopic (exact) mass is 263 g/mol. The summed E-state index contributed by atoms with van der Waals surface area (Å²) in [4.78, 5) is 6.47. The van der Waals surface area contributed by atoms with Gasteiger partial charge in [0.05, 0.1) is 13.2 Å². The highest BCUT2D eigenvalue weighted by molar-refractivity contribution is 7.09. The smallest absolute Gasteiger partial charge is 0.164 e. The van der Waals surface area contributed by atoms with Crippen LogP contribution in [0.1, 0.15) is 5.82 Å². The second-order valence-corrected chi connectivity index (χ2v) is 4.77. The van der Waals surface area contributed by atoms with E-state index in [2.05, 4.69) is 24.5 Å². The van der Waals surface area contributed by atoms with Gasteiger partial charge in [0.2, 0.25) is 0 Å². The topological polar surface area (TPSA) is 64.0 Å². The number of aryl methyl sites for hydroxylation is 1. The number of nitrogens with zero attached hydrogens (tertiary/aromatic N) is 5. The first kappa shape index (κ1) is 11.5. The maximum atomic E-state index is 5.31. The lowest BCUT2D eigenvalue weighted by Gasteiger charge is -2.27. The van der Waals surface area contributed by atoms with E-state index in [9.17, 15) is 0 Å². The summed E-state index contributed by atoms with van der Waals surface area (Å²) < 4.78 is 9.45. The Morgan fingerprint density at radius 3 is 2.67 bits per heavy atom. The molecule has 3 rings (SSSR count). The molecule has 0 N–H and O–H groups in total. The summed E-state index contributed by atoms with van der Waals surface area (Å²) in [7, 11) is 0. The average molecular weight is 263 g/mol. The van der Waals surface area contributed by atoms with Crippen LogP contribution in [0.25, 0.3) is 10.7 Å². The Morgan fingerprint density at radius 2 is 2.06 bits per heavy atom. The van der Waals surface area contributed by atoms with Crippen molar-refractivity contribution in [1.82, 2.24) is 19.6 Å². The van der Waals surface area contributed by atoms with Gasteiger partial charge in [-0.15, -0.1) is 10.2 Å². The second-order valence-electron chi connectivity index (χ2n) is 4.02. The highest BCUT2D eigenvalue weighted by atomic mass is 32.1. The molecule has 0 amide bonds. The van der Waals surface area contributed by atoms with Crippen molar-refractivity contribution in [2.75, 3.05) is 31.2 Å². The number of ether oxygens (including phenoxy) is 1. The number of hydrogen-bond acceptors (Lipinski definition) is 7. The molecule has 0 unspecified atom stereocenters. The van der Waals surface area contributed by atoms with Gasteiger partial charge in [-0.1, -0.05) is 0 Å². The van der Waals surface area contributed by atoms with E-state index < -0.39 is 0 Å². The van der Waals surface area contributed by atoms with Crippen LogP contribution in [0.4, 0.5) is 5.82 Å². The van der Waals surface area contributed by atoms with E-state index >= 15 is 0 Å². The Kier molecular flexibility index (Phi) is 3.16. The normalized spacial score (nSPS) is 15.9. The number of aromatic nitrogens is 4. The summed E-state index contributed by atoms with van der Waals surface area (Å²) in [5.74, 6) is 1.66. The SMILES string of the molecule is Cc1nsc(-c2ccc(N3CCOCC3)nn2)n1. The molecule has 1 aliphatic heterocycles. The van der Waals surface area contributed by atoms with Crippen molar-refractivity contribution >= 4 is 17.4 Å². The Bertz CT molecular complexity index is 520. The Hall–Kier alpha value is -1.60. The van der Waals surface area contributed by atoms with Gasteiger partial charge in [-0.2, -0.15) is 4.37 Å². The molecule has 0 radical (unpaired) electrons. The van der Waals surface area contributed by atoms with E-state index in [1.165, 1.54) is 11.5 Å². The molecule has 0 aliphatic carbocycles. The molecule has 0 spiro atoms. The molecular weight excluding hydrogens is 250 g/mol. The van der Waals surface area contributed by atoms with Crippen LogP contribution in [0, 0.1) is 6.92 Å². The molecule has 0 aromatic carbocycles. The van der Waals surface area contributed by atoms with Gasteiger partial charge in [-0.05, 0) is 30.6 Å². The van der Waals surface area contributed by atoms with E-state index in [0.717, 1.165) is 48.6 Å². The average Bonchev–Trinajstić information content (AvgIpc) is 2.87. The summed E-state index contributed by atoms with van der Waals surface area (Å²) >= 11 is 1.35. The van der Waals surface area contributed by atoms with E-state index in [1.807, 2.05) is 19.1 Å². The van der Waals surface area contributed by atoms with Gasteiger partial charge in [0.15, 0.2) is 10.8 Å². The summed E-state index contributed by atoms with van der Waals surface area (Å²) in [6.45, 7) is 5.10. The molecule has 2 aromatic rings. The second kappa shape index (κ2) is 4.95. The third-order valence-electron chi connectivity index (χ3n) is 2.73. The van der Waals surface area contributed by atoms with Crippen LogP contribution >= 0.6 is 11.5 Å². The van der Waals surface area contributed by atoms with Crippen molar-refractivity contribution in [1.29, 1.82) is 0 Å². The zero-order chi connectivity index (χ0) is 12.4. The van der Waals surface area contributed by atoms with Crippen molar-refractivity contribution in [2.45, 2.75) is 6.92 Å². The molecule has 0 saturated carbocycles. The molecule has 3 heterocycles. The van der Waals surface area contributed by atoms with Gasteiger partial charge < -0.3 is 9.64 Å². The minimum absolute atomic E-state index is 0.749. The first-order valence-electron chi connectivity index (χ1n) is 5.80. The zero-order valence-corrected chi connectivity index (χ0v) is 10.9. The third kappa shape index (κ3) is 2.32.